The summed E-state index contributed by atoms with van der Waals surface area (Å²) < 4.78 is 10.5. The van der Waals surface area contributed by atoms with Gasteiger partial charge in [-0.2, -0.15) is 0 Å². The fourth-order valence-corrected chi connectivity index (χ4v) is 3.46. The lowest BCUT2D eigenvalue weighted by Crippen LogP contribution is -2.58. The van der Waals surface area contributed by atoms with E-state index in [1.807, 2.05) is 0 Å². The summed E-state index contributed by atoms with van der Waals surface area (Å²) in [5, 5.41) is 31.1. The van der Waals surface area contributed by atoms with Gasteiger partial charge in [0.2, 0.25) is 23.6 Å². The van der Waals surface area contributed by atoms with Crippen molar-refractivity contribution in [2.75, 3.05) is 39.5 Å². The van der Waals surface area contributed by atoms with Crippen LogP contribution in [0.25, 0.3) is 10.4 Å². The van der Waals surface area contributed by atoms with Gasteiger partial charge >= 0.3 is 11.9 Å². The van der Waals surface area contributed by atoms with Crippen molar-refractivity contribution in [3.8, 4) is 0 Å². The molecule has 0 aliphatic carbocycles. The standard InChI is InChI=1S/C25H35N7O10/c1-16(33)29-20(15-22(36)37)25(40)30-18(13-17-5-3-2-4-6-17)24(39)31-19(14-21(34)35)23(38)27-7-9-41-11-12-42-10-8-28-32-26/h2-6,18-20H,7-15H2,1H3,(H,27,38)(H,29,33)(H,30,40)(H,31,39)(H,34,35)(H,36,37)/t18-,19+,20+/m1/s1. The van der Waals surface area contributed by atoms with Gasteiger partial charge in [0.1, 0.15) is 18.1 Å². The van der Waals surface area contributed by atoms with Gasteiger partial charge in [-0.25, -0.2) is 0 Å². The molecule has 1 rings (SSSR count). The fourth-order valence-electron chi connectivity index (χ4n) is 3.46. The Morgan fingerprint density at radius 3 is 1.93 bits per heavy atom. The number of hydrogen-bond donors (Lipinski definition) is 6. The highest BCUT2D eigenvalue weighted by atomic mass is 16.5. The van der Waals surface area contributed by atoms with E-state index in [0.717, 1.165) is 6.92 Å². The predicted octanol–water partition coefficient (Wildman–Crippen LogP) is -0.887. The van der Waals surface area contributed by atoms with Crippen LogP contribution in [0.2, 0.25) is 0 Å². The molecule has 0 fully saturated rings. The van der Waals surface area contributed by atoms with Gasteiger partial charge in [-0.05, 0) is 11.1 Å². The van der Waals surface area contributed by atoms with Crippen molar-refractivity contribution in [3.05, 3.63) is 46.3 Å². The number of azide groups is 1. The number of ether oxygens (including phenoxy) is 2. The molecule has 0 heterocycles. The molecule has 17 nitrogen and oxygen atoms in total. The molecular weight excluding hydrogens is 558 g/mol. The molecule has 17 heteroatoms. The molecule has 0 aliphatic rings. The second-order valence-corrected chi connectivity index (χ2v) is 8.73. The molecule has 0 aromatic heterocycles. The highest BCUT2D eigenvalue weighted by Crippen LogP contribution is 2.06. The summed E-state index contributed by atoms with van der Waals surface area (Å²) in [5.74, 6) is -6.08. The van der Waals surface area contributed by atoms with Crippen LogP contribution in [0.1, 0.15) is 25.3 Å². The average Bonchev–Trinajstić information content (AvgIpc) is 2.92. The smallest absolute Gasteiger partial charge is 0.305 e. The van der Waals surface area contributed by atoms with E-state index in [1.54, 1.807) is 30.3 Å². The maximum atomic E-state index is 13.2. The van der Waals surface area contributed by atoms with E-state index >= 15 is 0 Å². The molecule has 4 amide bonds. The lowest BCUT2D eigenvalue weighted by molar-refractivity contribution is -0.141. The first-order valence-electron chi connectivity index (χ1n) is 12.8. The van der Waals surface area contributed by atoms with E-state index in [1.165, 1.54) is 0 Å². The molecule has 0 spiro atoms. The van der Waals surface area contributed by atoms with Crippen LogP contribution in [-0.4, -0.2) is 103 Å². The zero-order valence-corrected chi connectivity index (χ0v) is 23.0. The number of amides is 4. The Labute approximate surface area is 240 Å². The van der Waals surface area contributed by atoms with Gasteiger partial charge in [-0.15, -0.1) is 0 Å². The van der Waals surface area contributed by atoms with Crippen molar-refractivity contribution >= 4 is 35.6 Å². The number of carbonyl (C=O) groups is 6. The van der Waals surface area contributed by atoms with Crippen molar-refractivity contribution in [1.82, 2.24) is 21.3 Å². The Hall–Kier alpha value is -4.73. The third-order valence-corrected chi connectivity index (χ3v) is 5.32. The molecule has 0 unspecified atom stereocenters. The minimum absolute atomic E-state index is 0.0126. The van der Waals surface area contributed by atoms with Gasteiger partial charge in [0.25, 0.3) is 0 Å². The molecule has 0 saturated carbocycles. The molecular formula is C25H35N7O10. The van der Waals surface area contributed by atoms with E-state index in [-0.39, 0.29) is 45.9 Å². The molecule has 1 aromatic carbocycles. The Kier molecular flexibility index (Phi) is 17.0. The van der Waals surface area contributed by atoms with E-state index in [2.05, 4.69) is 31.3 Å². The number of hydrogen-bond acceptors (Lipinski definition) is 9. The highest BCUT2D eigenvalue weighted by Gasteiger charge is 2.31. The van der Waals surface area contributed by atoms with Crippen molar-refractivity contribution in [2.24, 2.45) is 5.11 Å². The zero-order chi connectivity index (χ0) is 31.3. The first-order valence-corrected chi connectivity index (χ1v) is 12.8. The SMILES string of the molecule is CC(=O)N[C@@H](CC(=O)O)C(=O)N[C@H](Cc1ccccc1)C(=O)N[C@@H](CC(=O)O)C(=O)NCCOCCOCCN=[N+]=[N-]. The summed E-state index contributed by atoms with van der Waals surface area (Å²) in [5.41, 5.74) is 8.78. The molecule has 0 radical (unpaired) electrons. The van der Waals surface area contributed by atoms with Gasteiger partial charge in [-0.1, -0.05) is 35.4 Å². The van der Waals surface area contributed by atoms with Crippen LogP contribution in [0, 0.1) is 0 Å². The lowest BCUT2D eigenvalue weighted by atomic mass is 10.0. The monoisotopic (exact) mass is 593 g/mol. The molecule has 3 atom stereocenters. The van der Waals surface area contributed by atoms with Crippen molar-refractivity contribution < 1.29 is 48.5 Å². The minimum atomic E-state index is -1.51. The molecule has 1 aromatic rings. The van der Waals surface area contributed by atoms with E-state index in [4.69, 9.17) is 20.1 Å². The van der Waals surface area contributed by atoms with Gasteiger partial charge < -0.3 is 41.0 Å². The second kappa shape index (κ2) is 20.2. The summed E-state index contributed by atoms with van der Waals surface area (Å²) in [7, 11) is 0. The maximum Gasteiger partial charge on any atom is 0.305 e. The normalized spacial score (nSPS) is 12.5. The number of carboxylic acids is 2. The number of carboxylic acid groups (broad SMARTS) is 2. The Morgan fingerprint density at radius 2 is 1.36 bits per heavy atom. The average molecular weight is 594 g/mol. The van der Waals surface area contributed by atoms with Crippen LogP contribution < -0.4 is 21.3 Å². The van der Waals surface area contributed by atoms with Crippen LogP contribution in [0.15, 0.2) is 35.4 Å². The van der Waals surface area contributed by atoms with Crippen LogP contribution >= 0.6 is 0 Å². The fraction of sp³-hybridized carbons (Fsp3) is 0.520. The van der Waals surface area contributed by atoms with Gasteiger partial charge in [0.15, 0.2) is 0 Å². The summed E-state index contributed by atoms with van der Waals surface area (Å²) in [6, 6.07) is 4.09. The quantitative estimate of drug-likeness (QED) is 0.0443. The highest BCUT2D eigenvalue weighted by molar-refractivity contribution is 5.96. The Bertz CT molecular complexity index is 1100. The summed E-state index contributed by atoms with van der Waals surface area (Å²) in [4.78, 5) is 75.4. The number of aliphatic carboxylic acids is 2. The molecule has 0 bridgehead atoms. The molecule has 0 saturated heterocycles. The summed E-state index contributed by atoms with van der Waals surface area (Å²) >= 11 is 0. The summed E-state index contributed by atoms with van der Waals surface area (Å²) in [6.45, 7) is 1.94. The Morgan fingerprint density at radius 1 is 0.810 bits per heavy atom. The lowest BCUT2D eigenvalue weighted by Gasteiger charge is -2.24. The van der Waals surface area contributed by atoms with Crippen molar-refractivity contribution in [3.63, 3.8) is 0 Å². The van der Waals surface area contributed by atoms with E-state index < -0.39 is 66.5 Å². The van der Waals surface area contributed by atoms with Gasteiger partial charge in [-0.3, -0.25) is 28.8 Å². The minimum Gasteiger partial charge on any atom is -0.481 e. The van der Waals surface area contributed by atoms with Crippen LogP contribution in [0.3, 0.4) is 0 Å². The zero-order valence-electron chi connectivity index (χ0n) is 23.0. The first-order chi connectivity index (χ1) is 20.0. The topological polar surface area (TPSA) is 258 Å². The Balaban J connectivity index is 2.86. The number of rotatable bonds is 21. The number of nitrogens with zero attached hydrogens (tertiary/aromatic N) is 3. The molecule has 6 N–H and O–H groups in total. The van der Waals surface area contributed by atoms with Crippen molar-refractivity contribution in [1.29, 1.82) is 0 Å². The number of nitrogens with one attached hydrogen (secondary N) is 4. The number of benzene rings is 1. The van der Waals surface area contributed by atoms with Crippen LogP contribution in [-0.2, 0) is 44.7 Å². The largest absolute Gasteiger partial charge is 0.481 e. The molecule has 230 valence electrons. The van der Waals surface area contributed by atoms with Gasteiger partial charge in [0.05, 0.1) is 39.3 Å². The van der Waals surface area contributed by atoms with E-state index in [9.17, 15) is 33.9 Å². The molecule has 42 heavy (non-hydrogen) atoms. The second-order valence-electron chi connectivity index (χ2n) is 8.73. The first kappa shape index (κ1) is 35.3. The predicted molar refractivity (Wildman–Crippen MR) is 145 cm³/mol. The van der Waals surface area contributed by atoms with Gasteiger partial charge in [0, 0.05) is 31.3 Å². The summed E-state index contributed by atoms with van der Waals surface area (Å²) in [6.07, 6.45) is -1.60. The van der Waals surface area contributed by atoms with Crippen LogP contribution in [0.5, 0.6) is 0 Å². The third-order valence-electron chi connectivity index (χ3n) is 5.32. The van der Waals surface area contributed by atoms with Crippen LogP contribution in [0.4, 0.5) is 0 Å². The van der Waals surface area contributed by atoms with Crippen molar-refractivity contribution in [2.45, 2.75) is 44.3 Å². The maximum absolute atomic E-state index is 13.2. The molecule has 0 aliphatic heterocycles. The van der Waals surface area contributed by atoms with E-state index in [0.29, 0.717) is 5.56 Å². The number of carbonyl (C=O) groups excluding carboxylic acids is 4. The third kappa shape index (κ3) is 15.8.